The molecule has 0 heterocycles. The molecule has 2 aromatic rings. The second-order valence-electron chi connectivity index (χ2n) is 6.73. The maximum absolute atomic E-state index is 10.9. The van der Waals surface area contributed by atoms with Crippen LogP contribution < -0.4 is 19.5 Å². The lowest BCUT2D eigenvalue weighted by molar-refractivity contribution is -0.107. The largest absolute Gasteiger partial charge is 0.493 e. The summed E-state index contributed by atoms with van der Waals surface area (Å²) in [6.07, 6.45) is 3.02. The zero-order valence-corrected chi connectivity index (χ0v) is 19.6. The van der Waals surface area contributed by atoms with Crippen LogP contribution in [0.3, 0.4) is 0 Å². The van der Waals surface area contributed by atoms with Gasteiger partial charge in [0.15, 0.2) is 0 Å². The summed E-state index contributed by atoms with van der Waals surface area (Å²) in [5, 5.41) is 3.12. The Labute approximate surface area is 187 Å². The normalized spacial score (nSPS) is 9.84. The first kappa shape index (κ1) is 26.1. The molecule has 0 unspecified atom stereocenters. The summed E-state index contributed by atoms with van der Waals surface area (Å²) in [5.41, 5.74) is 3.51. The van der Waals surface area contributed by atoms with Crippen LogP contribution >= 0.6 is 0 Å². The van der Waals surface area contributed by atoms with E-state index in [0.717, 1.165) is 53.0 Å². The Hall–Kier alpha value is -2.95. The Balaban J connectivity index is 0.00000233. The fourth-order valence-corrected chi connectivity index (χ4v) is 2.82. The minimum Gasteiger partial charge on any atom is -0.493 e. The van der Waals surface area contributed by atoms with Crippen LogP contribution in [0.1, 0.15) is 58.1 Å². The maximum Gasteiger partial charge on any atom is 0.124 e. The molecule has 0 amide bonds. The number of aldehydes is 1. The molecule has 0 spiro atoms. The van der Waals surface area contributed by atoms with Crippen LogP contribution in [0.4, 0.5) is 5.69 Å². The van der Waals surface area contributed by atoms with Gasteiger partial charge in [0.05, 0.1) is 13.2 Å². The maximum atomic E-state index is 10.9. The molecule has 0 saturated heterocycles. The topological polar surface area (TPSA) is 56.8 Å². The Kier molecular flexibility index (Phi) is 12.6. The van der Waals surface area contributed by atoms with Crippen molar-refractivity contribution in [3.05, 3.63) is 54.1 Å². The summed E-state index contributed by atoms with van der Waals surface area (Å²) >= 11 is 0. The molecule has 2 aromatic carbocycles. The van der Waals surface area contributed by atoms with E-state index in [1.165, 1.54) is 0 Å². The summed E-state index contributed by atoms with van der Waals surface area (Å²) in [7, 11) is 1.84. The number of rotatable bonds is 13. The quantitative estimate of drug-likeness (QED) is 0.369. The second-order valence-corrected chi connectivity index (χ2v) is 6.73. The Morgan fingerprint density at radius 3 is 2.06 bits per heavy atom. The van der Waals surface area contributed by atoms with E-state index >= 15 is 0 Å². The van der Waals surface area contributed by atoms with E-state index in [4.69, 9.17) is 14.2 Å². The van der Waals surface area contributed by atoms with E-state index in [0.29, 0.717) is 25.6 Å². The summed E-state index contributed by atoms with van der Waals surface area (Å²) in [6.45, 7) is 13.8. The van der Waals surface area contributed by atoms with E-state index in [-0.39, 0.29) is 6.42 Å². The van der Waals surface area contributed by atoms with Crippen LogP contribution in [-0.2, 0) is 11.4 Å². The number of hydrogen-bond acceptors (Lipinski definition) is 5. The van der Waals surface area contributed by atoms with Gasteiger partial charge in [0.2, 0.25) is 0 Å². The van der Waals surface area contributed by atoms with Gasteiger partial charge in [-0.25, -0.2) is 0 Å². The van der Waals surface area contributed by atoms with Crippen LogP contribution in [-0.4, -0.2) is 26.5 Å². The molecule has 1 N–H and O–H groups in total. The molecule has 0 bridgehead atoms. The minimum absolute atomic E-state index is 0.285. The van der Waals surface area contributed by atoms with E-state index in [1.807, 2.05) is 57.3 Å². The molecular formula is C26H37NO4. The number of benzene rings is 2. The lowest BCUT2D eigenvalue weighted by atomic mass is 10.0. The average molecular weight is 428 g/mol. The lowest BCUT2D eigenvalue weighted by Gasteiger charge is -2.15. The third-order valence-corrected chi connectivity index (χ3v) is 4.26. The Morgan fingerprint density at radius 1 is 0.935 bits per heavy atom. The highest BCUT2D eigenvalue weighted by molar-refractivity contribution is 5.82. The molecule has 0 fully saturated rings. The van der Waals surface area contributed by atoms with Crippen molar-refractivity contribution < 1.29 is 19.0 Å². The molecule has 0 aliphatic carbocycles. The van der Waals surface area contributed by atoms with E-state index in [2.05, 4.69) is 25.7 Å². The third kappa shape index (κ3) is 8.75. The fourth-order valence-electron chi connectivity index (χ4n) is 2.82. The molecule has 31 heavy (non-hydrogen) atoms. The van der Waals surface area contributed by atoms with Gasteiger partial charge < -0.3 is 24.3 Å². The number of carbonyl (C=O) groups excluding carboxylic acids is 1. The molecule has 0 saturated carbocycles. The summed E-state index contributed by atoms with van der Waals surface area (Å²) in [5.74, 6) is 2.27. The standard InChI is InChI=1S/C24H31NO4.C2H6/c1-5-11-27-21-13-19(14-22(15-21)28-12-6-2)17-29-20-7-8-24(25-4)23(16-20)18(3)9-10-26;1-2/h7-8,10,13-16,25H,3,5-6,9,11-12,17H2,1-2,4H3;1-2H3. The van der Waals surface area contributed by atoms with Gasteiger partial charge in [-0.2, -0.15) is 0 Å². The lowest BCUT2D eigenvalue weighted by Crippen LogP contribution is -2.02. The van der Waals surface area contributed by atoms with E-state index in [1.54, 1.807) is 0 Å². The van der Waals surface area contributed by atoms with Crippen LogP contribution in [0.2, 0.25) is 0 Å². The average Bonchev–Trinajstić information content (AvgIpc) is 2.81. The van der Waals surface area contributed by atoms with Crippen molar-refractivity contribution in [1.29, 1.82) is 0 Å². The van der Waals surface area contributed by atoms with Gasteiger partial charge in [0.1, 0.15) is 30.1 Å². The Morgan fingerprint density at radius 2 is 1.55 bits per heavy atom. The van der Waals surface area contributed by atoms with Crippen molar-refractivity contribution in [3.8, 4) is 17.2 Å². The second kappa shape index (κ2) is 14.9. The molecule has 0 aromatic heterocycles. The minimum atomic E-state index is 0.285. The monoisotopic (exact) mass is 427 g/mol. The van der Waals surface area contributed by atoms with Gasteiger partial charge in [-0.05, 0) is 54.3 Å². The van der Waals surface area contributed by atoms with Gasteiger partial charge in [0.25, 0.3) is 0 Å². The first-order valence-corrected chi connectivity index (χ1v) is 11.1. The third-order valence-electron chi connectivity index (χ3n) is 4.26. The molecule has 5 nitrogen and oxygen atoms in total. The first-order chi connectivity index (χ1) is 15.1. The SMILES string of the molecule is C=C(CC=O)c1cc(OCc2cc(OCCC)cc(OCCC)c2)ccc1NC.CC. The number of anilines is 1. The van der Waals surface area contributed by atoms with Crippen molar-refractivity contribution in [2.75, 3.05) is 25.6 Å². The van der Waals surface area contributed by atoms with Gasteiger partial charge in [-0.3, -0.25) is 0 Å². The number of hydrogen-bond donors (Lipinski definition) is 1. The van der Waals surface area contributed by atoms with E-state index < -0.39 is 0 Å². The van der Waals surface area contributed by atoms with Gasteiger partial charge in [-0.15, -0.1) is 0 Å². The number of carbonyl (C=O) groups is 1. The van der Waals surface area contributed by atoms with Gasteiger partial charge >= 0.3 is 0 Å². The molecular weight excluding hydrogens is 390 g/mol. The number of nitrogens with one attached hydrogen (secondary N) is 1. The van der Waals surface area contributed by atoms with Crippen molar-refractivity contribution in [2.24, 2.45) is 0 Å². The van der Waals surface area contributed by atoms with Crippen LogP contribution in [0.15, 0.2) is 43.0 Å². The van der Waals surface area contributed by atoms with Gasteiger partial charge in [-0.1, -0.05) is 34.3 Å². The fraction of sp³-hybridized carbons (Fsp3) is 0.423. The molecule has 5 heteroatoms. The van der Waals surface area contributed by atoms with Crippen molar-refractivity contribution >= 4 is 17.5 Å². The molecule has 0 atom stereocenters. The highest BCUT2D eigenvalue weighted by Crippen LogP contribution is 2.30. The van der Waals surface area contributed by atoms with Crippen molar-refractivity contribution in [3.63, 3.8) is 0 Å². The summed E-state index contributed by atoms with van der Waals surface area (Å²) < 4.78 is 17.6. The smallest absolute Gasteiger partial charge is 0.124 e. The molecule has 0 aliphatic rings. The van der Waals surface area contributed by atoms with Crippen LogP contribution in [0.25, 0.3) is 5.57 Å². The molecule has 2 rings (SSSR count). The number of ether oxygens (including phenoxy) is 3. The molecule has 0 radical (unpaired) electrons. The highest BCUT2D eigenvalue weighted by Gasteiger charge is 2.09. The predicted octanol–water partition coefficient (Wildman–Crippen LogP) is 6.51. The van der Waals surface area contributed by atoms with Crippen LogP contribution in [0.5, 0.6) is 17.2 Å². The molecule has 0 aliphatic heterocycles. The zero-order chi connectivity index (χ0) is 23.1. The number of allylic oxidation sites excluding steroid dienone is 1. The molecule has 170 valence electrons. The zero-order valence-electron chi connectivity index (χ0n) is 19.6. The summed E-state index contributed by atoms with van der Waals surface area (Å²) in [4.78, 5) is 10.9. The van der Waals surface area contributed by atoms with E-state index in [9.17, 15) is 4.79 Å². The Bertz CT molecular complexity index is 791. The first-order valence-electron chi connectivity index (χ1n) is 11.1. The van der Waals surface area contributed by atoms with Gasteiger partial charge in [0, 0.05) is 30.8 Å². The predicted molar refractivity (Wildman–Crippen MR) is 129 cm³/mol. The van der Waals surface area contributed by atoms with Crippen LogP contribution in [0, 0.1) is 0 Å². The van der Waals surface area contributed by atoms with Crippen molar-refractivity contribution in [1.82, 2.24) is 0 Å². The highest BCUT2D eigenvalue weighted by atomic mass is 16.5. The van der Waals surface area contributed by atoms with Crippen molar-refractivity contribution in [2.45, 2.75) is 53.6 Å². The summed E-state index contributed by atoms with van der Waals surface area (Å²) in [6, 6.07) is 11.6.